The van der Waals surface area contributed by atoms with Gasteiger partial charge in [0.2, 0.25) is 0 Å². The van der Waals surface area contributed by atoms with Gasteiger partial charge in [0.1, 0.15) is 17.4 Å². The maximum atomic E-state index is 14.1. The van der Waals surface area contributed by atoms with Gasteiger partial charge in [0.25, 0.3) is 0 Å². The maximum absolute atomic E-state index is 14.1. The number of H-pyrrole nitrogens is 1. The second-order valence-electron chi connectivity index (χ2n) is 4.79. The molecule has 0 aliphatic rings. The zero-order valence-corrected chi connectivity index (χ0v) is 12.3. The summed E-state index contributed by atoms with van der Waals surface area (Å²) in [6.07, 6.45) is 0. The second-order valence-corrected chi connectivity index (χ2v) is 5.87. The molecule has 3 nitrogen and oxygen atoms in total. The maximum Gasteiger partial charge on any atom is 0.163 e. The Hall–Kier alpha value is -2.10. The van der Waals surface area contributed by atoms with Crippen molar-refractivity contribution in [2.45, 2.75) is 12.2 Å². The van der Waals surface area contributed by atoms with Crippen LogP contribution in [0.3, 0.4) is 0 Å². The fourth-order valence-corrected chi connectivity index (χ4v) is 2.24. The van der Waals surface area contributed by atoms with Crippen LogP contribution in [0.2, 0.25) is 0 Å². The first kappa shape index (κ1) is 14.3. The number of alkyl halides is 1. The molecule has 2 unspecified atom stereocenters. The molecule has 0 saturated carbocycles. The molecule has 0 radical (unpaired) electrons. The van der Waals surface area contributed by atoms with Gasteiger partial charge in [-0.3, -0.25) is 0 Å². The standard InChI is InChI=1S/C14H12BFN3P/c1-8-2-4-9(5-3-8)12-10(6-17)11(7-18)13(19-12)14(15,16)20/h2-5,19H,15,20H2,1H3. The van der Waals surface area contributed by atoms with Crippen LogP contribution >= 0.6 is 9.24 Å². The minimum atomic E-state index is -1.79. The highest BCUT2D eigenvalue weighted by molar-refractivity contribution is 7.21. The smallest absolute Gasteiger partial charge is 0.163 e. The Labute approximate surface area is 120 Å². The van der Waals surface area contributed by atoms with Gasteiger partial charge in [-0.2, -0.15) is 10.5 Å². The van der Waals surface area contributed by atoms with E-state index in [0.29, 0.717) is 5.69 Å². The van der Waals surface area contributed by atoms with Crippen molar-refractivity contribution < 1.29 is 4.39 Å². The van der Waals surface area contributed by atoms with Gasteiger partial charge >= 0.3 is 0 Å². The lowest BCUT2D eigenvalue weighted by Gasteiger charge is -2.12. The second kappa shape index (κ2) is 5.12. The molecule has 2 rings (SSSR count). The molecule has 0 aliphatic carbocycles. The third-order valence-corrected chi connectivity index (χ3v) is 3.34. The van der Waals surface area contributed by atoms with Crippen molar-refractivity contribution in [3.05, 3.63) is 46.6 Å². The van der Waals surface area contributed by atoms with Crippen LogP contribution in [-0.2, 0) is 5.31 Å². The number of hydrogen-bond acceptors (Lipinski definition) is 2. The molecule has 6 heteroatoms. The van der Waals surface area contributed by atoms with Crippen molar-refractivity contribution in [2.24, 2.45) is 0 Å². The average Bonchev–Trinajstić information content (AvgIpc) is 2.77. The fraction of sp³-hybridized carbons (Fsp3) is 0.143. The number of aromatic amines is 1. The molecular weight excluding hydrogens is 271 g/mol. The first-order chi connectivity index (χ1) is 9.38. The molecule has 1 heterocycles. The third kappa shape index (κ3) is 2.46. The summed E-state index contributed by atoms with van der Waals surface area (Å²) in [7, 11) is 3.36. The summed E-state index contributed by atoms with van der Waals surface area (Å²) < 4.78 is 14.1. The molecule has 0 amide bonds. The summed E-state index contributed by atoms with van der Waals surface area (Å²) >= 11 is 0. The summed E-state index contributed by atoms with van der Waals surface area (Å²) in [5, 5.41) is 16.7. The van der Waals surface area contributed by atoms with Gasteiger partial charge in [0, 0.05) is 0 Å². The van der Waals surface area contributed by atoms with Crippen LogP contribution < -0.4 is 0 Å². The van der Waals surface area contributed by atoms with Crippen molar-refractivity contribution in [1.29, 1.82) is 10.5 Å². The van der Waals surface area contributed by atoms with Gasteiger partial charge in [-0.15, -0.1) is 9.24 Å². The molecule has 1 aromatic heterocycles. The van der Waals surface area contributed by atoms with Gasteiger partial charge < -0.3 is 4.98 Å². The minimum Gasteiger partial charge on any atom is -0.354 e. The normalized spacial score (nSPS) is 13.2. The van der Waals surface area contributed by atoms with Crippen molar-refractivity contribution >= 4 is 17.1 Å². The number of nitriles is 2. The minimum absolute atomic E-state index is 0.0584. The molecular formula is C14H12BFN3P. The van der Waals surface area contributed by atoms with E-state index in [2.05, 4.69) is 4.98 Å². The van der Waals surface area contributed by atoms with Gasteiger partial charge in [-0.05, 0) is 12.5 Å². The van der Waals surface area contributed by atoms with Crippen molar-refractivity contribution in [1.82, 2.24) is 4.98 Å². The average molecular weight is 283 g/mol. The van der Waals surface area contributed by atoms with Crippen LogP contribution in [0, 0.1) is 29.6 Å². The van der Waals surface area contributed by atoms with Crippen molar-refractivity contribution in [3.8, 4) is 23.4 Å². The molecule has 0 bridgehead atoms. The Balaban J connectivity index is 2.73. The molecule has 0 fully saturated rings. The number of nitrogens with one attached hydrogen (secondary N) is 1. The van der Waals surface area contributed by atoms with Crippen LogP contribution in [0.25, 0.3) is 11.3 Å². The van der Waals surface area contributed by atoms with Crippen LogP contribution in [-0.4, -0.2) is 12.8 Å². The number of benzene rings is 1. The first-order valence-electron chi connectivity index (χ1n) is 6.00. The quantitative estimate of drug-likeness (QED) is 0.679. The number of aromatic nitrogens is 1. The van der Waals surface area contributed by atoms with Crippen LogP contribution in [0.15, 0.2) is 24.3 Å². The van der Waals surface area contributed by atoms with Gasteiger partial charge in [-0.1, -0.05) is 29.8 Å². The van der Waals surface area contributed by atoms with Gasteiger partial charge in [0.05, 0.1) is 22.5 Å². The lowest BCUT2D eigenvalue weighted by Crippen LogP contribution is -2.12. The molecule has 1 N–H and O–H groups in total. The Morgan fingerprint density at radius 1 is 1.20 bits per heavy atom. The van der Waals surface area contributed by atoms with Crippen LogP contribution in [0.1, 0.15) is 22.4 Å². The first-order valence-corrected chi connectivity index (χ1v) is 6.57. The number of rotatable bonds is 2. The summed E-state index contributed by atoms with van der Waals surface area (Å²) in [6, 6.07) is 11.4. The molecule has 0 saturated heterocycles. The summed E-state index contributed by atoms with van der Waals surface area (Å²) in [5.74, 6) is 0. The highest BCUT2D eigenvalue weighted by Gasteiger charge is 2.29. The Kier molecular flexibility index (Phi) is 3.66. The Bertz CT molecular complexity index is 730. The van der Waals surface area contributed by atoms with Crippen molar-refractivity contribution in [3.63, 3.8) is 0 Å². The van der Waals surface area contributed by atoms with E-state index in [4.69, 9.17) is 0 Å². The SMILES string of the molecule is BC(F)(P)c1[nH]c(-c2ccc(C)cc2)c(C#N)c1C#N. The molecule has 2 aromatic rings. The van der Waals surface area contributed by atoms with E-state index in [9.17, 15) is 14.9 Å². The topological polar surface area (TPSA) is 63.4 Å². The van der Waals surface area contributed by atoms with E-state index in [1.807, 2.05) is 52.6 Å². The number of nitrogens with zero attached hydrogens (tertiary/aromatic N) is 2. The van der Waals surface area contributed by atoms with E-state index >= 15 is 0 Å². The zero-order valence-electron chi connectivity index (χ0n) is 11.2. The highest BCUT2D eigenvalue weighted by Crippen LogP contribution is 2.36. The van der Waals surface area contributed by atoms with E-state index in [-0.39, 0.29) is 16.8 Å². The van der Waals surface area contributed by atoms with Crippen LogP contribution in [0.5, 0.6) is 0 Å². The van der Waals surface area contributed by atoms with Gasteiger partial charge in [0.15, 0.2) is 7.85 Å². The zero-order chi connectivity index (χ0) is 14.9. The lowest BCUT2D eigenvalue weighted by atomic mass is 9.94. The number of hydrogen-bond donors (Lipinski definition) is 1. The van der Waals surface area contributed by atoms with E-state index in [0.717, 1.165) is 11.1 Å². The molecule has 2 atom stereocenters. The third-order valence-electron chi connectivity index (χ3n) is 3.05. The lowest BCUT2D eigenvalue weighted by molar-refractivity contribution is 0.405. The highest BCUT2D eigenvalue weighted by atomic mass is 31.0. The molecule has 1 aromatic carbocycles. The number of halogens is 1. The molecule has 20 heavy (non-hydrogen) atoms. The molecule has 98 valence electrons. The van der Waals surface area contributed by atoms with E-state index in [1.165, 1.54) is 7.85 Å². The summed E-state index contributed by atoms with van der Waals surface area (Å²) in [4.78, 5) is 2.89. The van der Waals surface area contributed by atoms with Crippen molar-refractivity contribution in [2.75, 3.05) is 0 Å². The van der Waals surface area contributed by atoms with E-state index in [1.54, 1.807) is 0 Å². The fourth-order valence-electron chi connectivity index (χ4n) is 2.03. The summed E-state index contributed by atoms with van der Waals surface area (Å²) in [6.45, 7) is 1.96. The molecule has 0 spiro atoms. The Morgan fingerprint density at radius 3 is 2.20 bits per heavy atom. The van der Waals surface area contributed by atoms with Crippen LogP contribution in [0.4, 0.5) is 4.39 Å². The largest absolute Gasteiger partial charge is 0.354 e. The monoisotopic (exact) mass is 283 g/mol. The Morgan fingerprint density at radius 2 is 1.75 bits per heavy atom. The van der Waals surface area contributed by atoms with Gasteiger partial charge in [-0.25, -0.2) is 4.39 Å². The van der Waals surface area contributed by atoms with E-state index < -0.39 is 5.31 Å². The predicted molar refractivity (Wildman–Crippen MR) is 81.4 cm³/mol. The molecule has 0 aliphatic heterocycles. The number of aryl methyl sites for hydroxylation is 1. The predicted octanol–water partition coefficient (Wildman–Crippen LogP) is 2.32. The summed E-state index contributed by atoms with van der Waals surface area (Å²) in [5.41, 5.74) is 2.66.